The number of amides is 2. The van der Waals surface area contributed by atoms with Crippen LogP contribution < -0.4 is 15.4 Å². The maximum atomic E-state index is 12.9. The second-order valence-corrected chi connectivity index (χ2v) is 4.90. The standard InChI is InChI=1S/C17H17FN2O4/c18-13-2-1-3-15(10-13)24-11-16(22)19-8-9-20-17(23)12-4-6-14(21)7-5-12/h1-7,10,21H,8-9,11H2,(H,19,22)(H,20,23). The van der Waals surface area contributed by atoms with Gasteiger partial charge in [0.2, 0.25) is 0 Å². The van der Waals surface area contributed by atoms with Gasteiger partial charge >= 0.3 is 0 Å². The zero-order valence-electron chi connectivity index (χ0n) is 12.8. The average Bonchev–Trinajstić information content (AvgIpc) is 2.57. The van der Waals surface area contributed by atoms with E-state index < -0.39 is 5.82 Å². The topological polar surface area (TPSA) is 87.7 Å². The first kappa shape index (κ1) is 17.3. The molecule has 0 unspecified atom stereocenters. The number of phenols is 1. The minimum Gasteiger partial charge on any atom is -0.508 e. The number of rotatable bonds is 7. The molecular formula is C17H17FN2O4. The number of phenolic OH excluding ortho intramolecular Hbond substituents is 1. The molecule has 0 spiro atoms. The largest absolute Gasteiger partial charge is 0.508 e. The highest BCUT2D eigenvalue weighted by atomic mass is 19.1. The third kappa shape index (κ3) is 5.60. The van der Waals surface area contributed by atoms with Crippen LogP contribution >= 0.6 is 0 Å². The highest BCUT2D eigenvalue weighted by molar-refractivity contribution is 5.94. The molecule has 0 atom stereocenters. The van der Waals surface area contributed by atoms with Crippen LogP contribution in [0.3, 0.4) is 0 Å². The Labute approximate surface area is 138 Å². The zero-order valence-corrected chi connectivity index (χ0v) is 12.8. The van der Waals surface area contributed by atoms with Crippen LogP contribution in [0.5, 0.6) is 11.5 Å². The first-order chi connectivity index (χ1) is 11.5. The molecule has 24 heavy (non-hydrogen) atoms. The molecule has 0 bridgehead atoms. The van der Waals surface area contributed by atoms with E-state index in [1.807, 2.05) is 0 Å². The molecule has 7 heteroatoms. The number of benzene rings is 2. The molecule has 3 N–H and O–H groups in total. The van der Waals surface area contributed by atoms with Gasteiger partial charge in [0.15, 0.2) is 6.61 Å². The molecule has 2 amide bonds. The predicted octanol–water partition coefficient (Wildman–Crippen LogP) is 1.46. The van der Waals surface area contributed by atoms with E-state index in [4.69, 9.17) is 9.84 Å². The molecule has 0 fully saturated rings. The van der Waals surface area contributed by atoms with E-state index >= 15 is 0 Å². The molecule has 126 valence electrons. The lowest BCUT2D eigenvalue weighted by atomic mass is 10.2. The van der Waals surface area contributed by atoms with Gasteiger partial charge in [0, 0.05) is 24.7 Å². The summed E-state index contributed by atoms with van der Waals surface area (Å²) in [5.74, 6) is -0.772. The third-order valence-corrected chi connectivity index (χ3v) is 3.03. The highest BCUT2D eigenvalue weighted by Crippen LogP contribution is 2.11. The molecule has 0 aliphatic heterocycles. The second-order valence-electron chi connectivity index (χ2n) is 4.90. The van der Waals surface area contributed by atoms with Crippen LogP contribution in [0.2, 0.25) is 0 Å². The van der Waals surface area contributed by atoms with Crippen molar-refractivity contribution in [2.75, 3.05) is 19.7 Å². The Morgan fingerprint density at radius 1 is 1.04 bits per heavy atom. The fraction of sp³-hybridized carbons (Fsp3) is 0.176. The Balaban J connectivity index is 1.64. The van der Waals surface area contributed by atoms with E-state index in [1.54, 1.807) is 6.07 Å². The van der Waals surface area contributed by atoms with Gasteiger partial charge in [-0.1, -0.05) is 6.07 Å². The van der Waals surface area contributed by atoms with Crippen molar-refractivity contribution < 1.29 is 23.8 Å². The molecule has 2 aromatic rings. The van der Waals surface area contributed by atoms with Crippen LogP contribution in [-0.2, 0) is 4.79 Å². The average molecular weight is 332 g/mol. The van der Waals surface area contributed by atoms with Gasteiger partial charge in [0.1, 0.15) is 17.3 Å². The maximum Gasteiger partial charge on any atom is 0.258 e. The van der Waals surface area contributed by atoms with Crippen LogP contribution in [0, 0.1) is 5.82 Å². The van der Waals surface area contributed by atoms with Gasteiger partial charge in [0.05, 0.1) is 0 Å². The summed E-state index contributed by atoms with van der Waals surface area (Å²) in [4.78, 5) is 23.4. The quantitative estimate of drug-likeness (QED) is 0.670. The Kier molecular flexibility index (Phi) is 6.13. The minimum atomic E-state index is -0.440. The van der Waals surface area contributed by atoms with Crippen molar-refractivity contribution >= 4 is 11.8 Å². The van der Waals surface area contributed by atoms with Crippen molar-refractivity contribution in [1.82, 2.24) is 10.6 Å². The zero-order chi connectivity index (χ0) is 17.4. The molecular weight excluding hydrogens is 315 g/mol. The van der Waals surface area contributed by atoms with Crippen molar-refractivity contribution in [3.8, 4) is 11.5 Å². The van der Waals surface area contributed by atoms with Crippen molar-refractivity contribution in [3.05, 3.63) is 59.9 Å². The normalized spacial score (nSPS) is 10.0. The summed E-state index contributed by atoms with van der Waals surface area (Å²) < 4.78 is 18.1. The molecule has 0 saturated heterocycles. The van der Waals surface area contributed by atoms with Gasteiger partial charge in [-0.15, -0.1) is 0 Å². The summed E-state index contributed by atoms with van der Waals surface area (Å²) in [6, 6.07) is 11.3. The van der Waals surface area contributed by atoms with E-state index in [0.717, 1.165) is 0 Å². The Morgan fingerprint density at radius 2 is 1.75 bits per heavy atom. The molecule has 0 heterocycles. The summed E-state index contributed by atoms with van der Waals surface area (Å²) >= 11 is 0. The van der Waals surface area contributed by atoms with Crippen LogP contribution in [0.15, 0.2) is 48.5 Å². The molecule has 6 nitrogen and oxygen atoms in total. The summed E-state index contributed by atoms with van der Waals surface area (Å²) in [5.41, 5.74) is 0.411. The number of aromatic hydroxyl groups is 1. The number of ether oxygens (including phenoxy) is 1. The summed E-state index contributed by atoms with van der Waals surface area (Å²) in [6.07, 6.45) is 0. The lowest BCUT2D eigenvalue weighted by Gasteiger charge is -2.08. The van der Waals surface area contributed by atoms with Gasteiger partial charge in [-0.05, 0) is 36.4 Å². The number of hydrogen-bond acceptors (Lipinski definition) is 4. The third-order valence-electron chi connectivity index (χ3n) is 3.03. The van der Waals surface area contributed by atoms with Crippen molar-refractivity contribution in [3.63, 3.8) is 0 Å². The smallest absolute Gasteiger partial charge is 0.258 e. The van der Waals surface area contributed by atoms with Gasteiger partial charge in [-0.3, -0.25) is 9.59 Å². The monoisotopic (exact) mass is 332 g/mol. The van der Waals surface area contributed by atoms with Crippen LogP contribution in [0.1, 0.15) is 10.4 Å². The lowest BCUT2D eigenvalue weighted by molar-refractivity contribution is -0.123. The first-order valence-corrected chi connectivity index (χ1v) is 7.27. The van der Waals surface area contributed by atoms with E-state index in [0.29, 0.717) is 5.56 Å². The maximum absolute atomic E-state index is 12.9. The summed E-state index contributed by atoms with van der Waals surface area (Å²) in [7, 11) is 0. The van der Waals surface area contributed by atoms with Crippen molar-refractivity contribution in [2.45, 2.75) is 0 Å². The van der Waals surface area contributed by atoms with Crippen LogP contribution in [0.4, 0.5) is 4.39 Å². The highest BCUT2D eigenvalue weighted by Gasteiger charge is 2.06. The number of nitrogens with one attached hydrogen (secondary N) is 2. The molecule has 0 radical (unpaired) electrons. The van der Waals surface area contributed by atoms with E-state index in [2.05, 4.69) is 10.6 Å². The second kappa shape index (κ2) is 8.52. The van der Waals surface area contributed by atoms with Crippen molar-refractivity contribution in [2.24, 2.45) is 0 Å². The number of carbonyl (C=O) groups excluding carboxylic acids is 2. The molecule has 2 aromatic carbocycles. The molecule has 0 aromatic heterocycles. The van der Waals surface area contributed by atoms with Gasteiger partial charge in [0.25, 0.3) is 11.8 Å². The summed E-state index contributed by atoms with van der Waals surface area (Å²) in [5, 5.41) is 14.4. The molecule has 0 aliphatic carbocycles. The van der Waals surface area contributed by atoms with E-state index in [-0.39, 0.29) is 43.0 Å². The van der Waals surface area contributed by atoms with Gasteiger partial charge in [-0.2, -0.15) is 0 Å². The van der Waals surface area contributed by atoms with Gasteiger partial charge in [-0.25, -0.2) is 4.39 Å². The number of carbonyl (C=O) groups is 2. The Morgan fingerprint density at radius 3 is 2.46 bits per heavy atom. The molecule has 0 saturated carbocycles. The molecule has 2 rings (SSSR count). The Hall–Kier alpha value is -3.09. The van der Waals surface area contributed by atoms with E-state index in [9.17, 15) is 14.0 Å². The lowest BCUT2D eigenvalue weighted by Crippen LogP contribution is -2.36. The fourth-order valence-corrected chi connectivity index (χ4v) is 1.85. The van der Waals surface area contributed by atoms with Crippen molar-refractivity contribution in [1.29, 1.82) is 0 Å². The minimum absolute atomic E-state index is 0.0807. The Bertz CT molecular complexity index is 704. The number of halogens is 1. The van der Waals surface area contributed by atoms with Crippen LogP contribution in [0.25, 0.3) is 0 Å². The van der Waals surface area contributed by atoms with Gasteiger partial charge < -0.3 is 20.5 Å². The van der Waals surface area contributed by atoms with E-state index in [1.165, 1.54) is 42.5 Å². The summed E-state index contributed by atoms with van der Waals surface area (Å²) in [6.45, 7) is 0.232. The predicted molar refractivity (Wildman–Crippen MR) is 85.3 cm³/mol. The number of hydrogen-bond donors (Lipinski definition) is 3. The SMILES string of the molecule is O=C(COc1cccc(F)c1)NCCNC(=O)c1ccc(O)cc1. The first-order valence-electron chi connectivity index (χ1n) is 7.27. The van der Waals surface area contributed by atoms with Crippen LogP contribution in [-0.4, -0.2) is 36.6 Å². The fourth-order valence-electron chi connectivity index (χ4n) is 1.85. The molecule has 0 aliphatic rings.